The molecule has 0 aromatic heterocycles. The number of benzene rings is 1. The van der Waals surface area contributed by atoms with E-state index in [-0.39, 0.29) is 35.5 Å². The number of alkyl halides is 5. The van der Waals surface area contributed by atoms with Gasteiger partial charge in [-0.05, 0) is 23.9 Å². The second kappa shape index (κ2) is 6.67. The summed E-state index contributed by atoms with van der Waals surface area (Å²) in [5.74, 6) is -0.309. The SMILES string of the molecule is FC(F)Oc1ccccc1NCCSC(F)(F)F. The van der Waals surface area contributed by atoms with Gasteiger partial charge in [-0.3, -0.25) is 0 Å². The molecule has 0 aliphatic heterocycles. The Balaban J connectivity index is 2.46. The van der Waals surface area contributed by atoms with E-state index in [2.05, 4.69) is 10.1 Å². The second-order valence-electron chi connectivity index (χ2n) is 3.10. The number of hydrogen-bond donors (Lipinski definition) is 1. The first-order chi connectivity index (χ1) is 8.38. The van der Waals surface area contributed by atoms with E-state index in [0.29, 0.717) is 0 Å². The number of anilines is 1. The fourth-order valence-corrected chi connectivity index (χ4v) is 1.60. The van der Waals surface area contributed by atoms with Crippen molar-refractivity contribution in [3.05, 3.63) is 24.3 Å². The molecule has 1 aromatic carbocycles. The van der Waals surface area contributed by atoms with Crippen molar-refractivity contribution in [2.75, 3.05) is 17.6 Å². The molecule has 1 aromatic rings. The highest BCUT2D eigenvalue weighted by Gasteiger charge is 2.27. The Morgan fingerprint density at radius 2 is 1.89 bits per heavy atom. The molecule has 18 heavy (non-hydrogen) atoms. The number of rotatable bonds is 6. The predicted molar refractivity (Wildman–Crippen MR) is 60.1 cm³/mol. The Bertz CT molecular complexity index is 372. The van der Waals surface area contributed by atoms with Gasteiger partial charge >= 0.3 is 12.1 Å². The maximum atomic E-state index is 12.0. The molecule has 0 fully saturated rings. The summed E-state index contributed by atoms with van der Waals surface area (Å²) in [5, 5.41) is 2.61. The van der Waals surface area contributed by atoms with E-state index < -0.39 is 12.1 Å². The average molecular weight is 287 g/mol. The van der Waals surface area contributed by atoms with Gasteiger partial charge in [-0.15, -0.1) is 0 Å². The number of nitrogens with one attached hydrogen (secondary N) is 1. The van der Waals surface area contributed by atoms with Crippen LogP contribution in [0.25, 0.3) is 0 Å². The van der Waals surface area contributed by atoms with E-state index in [1.807, 2.05) is 0 Å². The molecular weight excluding hydrogens is 277 g/mol. The van der Waals surface area contributed by atoms with Crippen LogP contribution in [-0.4, -0.2) is 24.4 Å². The summed E-state index contributed by atoms with van der Waals surface area (Å²) >= 11 is -0.179. The number of halogens is 5. The van der Waals surface area contributed by atoms with Crippen molar-refractivity contribution in [1.82, 2.24) is 0 Å². The molecule has 0 unspecified atom stereocenters. The first-order valence-electron chi connectivity index (χ1n) is 4.87. The van der Waals surface area contributed by atoms with Crippen LogP contribution in [0.15, 0.2) is 24.3 Å². The van der Waals surface area contributed by atoms with Gasteiger partial charge in [0, 0.05) is 12.3 Å². The lowest BCUT2D eigenvalue weighted by atomic mass is 10.3. The van der Waals surface area contributed by atoms with Crippen molar-refractivity contribution >= 4 is 17.4 Å². The summed E-state index contributed by atoms with van der Waals surface area (Å²) in [6.45, 7) is -2.98. The van der Waals surface area contributed by atoms with Crippen LogP contribution in [-0.2, 0) is 0 Å². The van der Waals surface area contributed by atoms with Gasteiger partial charge in [0.15, 0.2) is 0 Å². The van der Waals surface area contributed by atoms with Crippen LogP contribution in [0.4, 0.5) is 27.6 Å². The first kappa shape index (κ1) is 14.9. The molecule has 102 valence electrons. The third-order valence-corrected chi connectivity index (χ3v) is 2.52. The van der Waals surface area contributed by atoms with Crippen LogP contribution in [0.1, 0.15) is 0 Å². The Labute approximate surface area is 105 Å². The van der Waals surface area contributed by atoms with Crippen molar-refractivity contribution in [3.8, 4) is 5.75 Å². The number of thioether (sulfide) groups is 1. The maximum absolute atomic E-state index is 12.0. The fraction of sp³-hybridized carbons (Fsp3) is 0.400. The highest BCUT2D eigenvalue weighted by Crippen LogP contribution is 2.30. The lowest BCUT2D eigenvalue weighted by Crippen LogP contribution is -2.11. The van der Waals surface area contributed by atoms with E-state index in [9.17, 15) is 22.0 Å². The molecule has 0 saturated carbocycles. The topological polar surface area (TPSA) is 21.3 Å². The first-order valence-corrected chi connectivity index (χ1v) is 5.85. The van der Waals surface area contributed by atoms with Crippen LogP contribution >= 0.6 is 11.8 Å². The molecule has 0 aliphatic rings. The maximum Gasteiger partial charge on any atom is 0.441 e. The third-order valence-electron chi connectivity index (χ3n) is 1.79. The van der Waals surface area contributed by atoms with Gasteiger partial charge in [-0.25, -0.2) is 0 Å². The molecule has 1 rings (SSSR count). The van der Waals surface area contributed by atoms with Crippen LogP contribution < -0.4 is 10.1 Å². The fourth-order valence-electron chi connectivity index (χ4n) is 1.16. The quantitative estimate of drug-likeness (QED) is 0.632. The number of ether oxygens (including phenoxy) is 1. The van der Waals surface area contributed by atoms with E-state index in [0.717, 1.165) is 0 Å². The largest absolute Gasteiger partial charge is 0.441 e. The zero-order valence-electron chi connectivity index (χ0n) is 9.01. The molecule has 0 aliphatic carbocycles. The minimum absolute atomic E-state index is 0.00616. The van der Waals surface area contributed by atoms with Crippen molar-refractivity contribution in [2.24, 2.45) is 0 Å². The molecule has 0 radical (unpaired) electrons. The van der Waals surface area contributed by atoms with E-state index in [4.69, 9.17) is 0 Å². The average Bonchev–Trinajstić information content (AvgIpc) is 2.24. The van der Waals surface area contributed by atoms with Gasteiger partial charge in [-0.2, -0.15) is 22.0 Å². The molecule has 8 heteroatoms. The molecule has 0 spiro atoms. The van der Waals surface area contributed by atoms with Gasteiger partial charge in [-0.1, -0.05) is 12.1 Å². The zero-order valence-corrected chi connectivity index (χ0v) is 9.82. The third kappa shape index (κ3) is 5.95. The Morgan fingerprint density at radius 3 is 2.50 bits per heavy atom. The molecule has 0 heterocycles. The summed E-state index contributed by atoms with van der Waals surface area (Å²) in [6.07, 6.45) is 0. The lowest BCUT2D eigenvalue weighted by Gasteiger charge is -2.12. The van der Waals surface area contributed by atoms with Crippen molar-refractivity contribution in [1.29, 1.82) is 0 Å². The van der Waals surface area contributed by atoms with Gasteiger partial charge in [0.05, 0.1) is 5.69 Å². The minimum atomic E-state index is -4.29. The Kier molecular flexibility index (Phi) is 5.52. The van der Waals surface area contributed by atoms with Gasteiger partial charge in [0.2, 0.25) is 0 Å². The Morgan fingerprint density at radius 1 is 1.22 bits per heavy atom. The van der Waals surface area contributed by atoms with Crippen molar-refractivity contribution in [2.45, 2.75) is 12.1 Å². The van der Waals surface area contributed by atoms with Crippen molar-refractivity contribution < 1.29 is 26.7 Å². The van der Waals surface area contributed by atoms with E-state index >= 15 is 0 Å². The predicted octanol–water partition coefficient (Wildman–Crippen LogP) is 3.95. The molecule has 0 bridgehead atoms. The van der Waals surface area contributed by atoms with Gasteiger partial charge in [0.25, 0.3) is 0 Å². The highest BCUT2D eigenvalue weighted by atomic mass is 32.2. The molecule has 0 saturated heterocycles. The van der Waals surface area contributed by atoms with Gasteiger partial charge in [0.1, 0.15) is 5.75 Å². The smallest absolute Gasteiger partial charge is 0.433 e. The van der Waals surface area contributed by atoms with Crippen LogP contribution in [0.5, 0.6) is 5.75 Å². The molecule has 2 nitrogen and oxygen atoms in total. The van der Waals surface area contributed by atoms with Crippen LogP contribution in [0.2, 0.25) is 0 Å². The summed E-state index contributed by atoms with van der Waals surface area (Å²) in [5.41, 5.74) is -4.05. The van der Waals surface area contributed by atoms with Crippen LogP contribution in [0.3, 0.4) is 0 Å². The second-order valence-corrected chi connectivity index (χ2v) is 4.26. The summed E-state index contributed by atoms with van der Waals surface area (Å²) in [6, 6.07) is 5.83. The number of para-hydroxylation sites is 2. The zero-order chi connectivity index (χ0) is 13.6. The standard InChI is InChI=1S/C10H10F5NOS/c11-9(12)17-8-4-2-1-3-7(8)16-5-6-18-10(13,14)15/h1-4,9,16H,5-6H2. The summed E-state index contributed by atoms with van der Waals surface area (Å²) < 4.78 is 63.8. The normalized spacial score (nSPS) is 11.7. The van der Waals surface area contributed by atoms with E-state index in [1.54, 1.807) is 6.07 Å². The van der Waals surface area contributed by atoms with Gasteiger partial charge < -0.3 is 10.1 Å². The minimum Gasteiger partial charge on any atom is -0.433 e. The summed E-state index contributed by atoms with van der Waals surface area (Å²) in [4.78, 5) is 0. The molecule has 0 atom stereocenters. The lowest BCUT2D eigenvalue weighted by molar-refractivity contribution is -0.0493. The summed E-state index contributed by atoms with van der Waals surface area (Å²) in [7, 11) is 0. The Hall–Kier alpha value is -1.18. The molecule has 1 N–H and O–H groups in total. The van der Waals surface area contributed by atoms with Crippen molar-refractivity contribution in [3.63, 3.8) is 0 Å². The molecular formula is C10H10F5NOS. The van der Waals surface area contributed by atoms with Crippen LogP contribution in [0, 0.1) is 0 Å². The monoisotopic (exact) mass is 287 g/mol. The molecule has 0 amide bonds. The van der Waals surface area contributed by atoms with E-state index in [1.165, 1.54) is 18.2 Å². The highest BCUT2D eigenvalue weighted by molar-refractivity contribution is 8.00. The number of hydrogen-bond acceptors (Lipinski definition) is 3.